The molecule has 28 heavy (non-hydrogen) atoms. The Labute approximate surface area is 159 Å². The predicted octanol–water partition coefficient (Wildman–Crippen LogP) is 4.20. The normalized spacial score (nSPS) is 11.1. The lowest BCUT2D eigenvalue weighted by Crippen LogP contribution is -2.11. The lowest BCUT2D eigenvalue weighted by atomic mass is 10.0. The first-order valence-electron chi connectivity index (χ1n) is 8.88. The van der Waals surface area contributed by atoms with Crippen LogP contribution in [0.15, 0.2) is 67.0 Å². The Morgan fingerprint density at radius 3 is 2.50 bits per heavy atom. The number of nitrogens with one attached hydrogen (secondary N) is 1. The Morgan fingerprint density at radius 1 is 0.929 bits per heavy atom. The van der Waals surface area contributed by atoms with E-state index in [1.54, 1.807) is 30.3 Å². The molecule has 0 spiro atoms. The highest BCUT2D eigenvalue weighted by molar-refractivity contribution is 5.99. The lowest BCUT2D eigenvalue weighted by molar-refractivity contribution is 0.101. The number of Topliss-reactive ketones (excluding diaryl/α,β-unsaturated/α-hetero) is 1. The maximum Gasteiger partial charge on any atom is 0.347 e. The summed E-state index contributed by atoms with van der Waals surface area (Å²) in [6.07, 6.45) is 0. The monoisotopic (exact) mass is 375 g/mol. The highest BCUT2D eigenvalue weighted by Gasteiger charge is 2.16. The third-order valence-electron chi connectivity index (χ3n) is 4.55. The van der Waals surface area contributed by atoms with Crippen molar-refractivity contribution in [3.05, 3.63) is 74.9 Å². The molecule has 0 fully saturated rings. The van der Waals surface area contributed by atoms with Crippen LogP contribution >= 0.6 is 0 Å². The maximum atomic E-state index is 12.6. The van der Waals surface area contributed by atoms with Crippen LogP contribution in [-0.2, 0) is 0 Å². The summed E-state index contributed by atoms with van der Waals surface area (Å²) in [5, 5.41) is 4.48. The molecule has 0 amide bonds. The number of hydrogen-bond donors (Lipinski definition) is 1. The fourth-order valence-electron chi connectivity index (χ4n) is 3.22. The van der Waals surface area contributed by atoms with E-state index in [1.807, 2.05) is 19.1 Å². The molecule has 0 atom stereocenters. The molecule has 0 saturated heterocycles. The molecule has 4 rings (SSSR count). The van der Waals surface area contributed by atoms with E-state index in [0.29, 0.717) is 16.5 Å². The Hall–Kier alpha value is -3.67. The second kappa shape index (κ2) is 6.81. The molecule has 0 aliphatic heterocycles. The van der Waals surface area contributed by atoms with Crippen LogP contribution in [0.1, 0.15) is 24.2 Å². The van der Waals surface area contributed by atoms with E-state index < -0.39 is 11.3 Å². The molecule has 4 aromatic rings. The highest BCUT2D eigenvalue weighted by Crippen LogP contribution is 2.29. The molecular formula is C22H17NO5. The van der Waals surface area contributed by atoms with Crippen LogP contribution < -0.4 is 16.6 Å². The minimum Gasteiger partial charge on any atom is -0.422 e. The van der Waals surface area contributed by atoms with Gasteiger partial charge in [0.15, 0.2) is 5.78 Å². The molecule has 0 saturated carbocycles. The van der Waals surface area contributed by atoms with Crippen molar-refractivity contribution in [3.63, 3.8) is 0 Å². The van der Waals surface area contributed by atoms with Crippen molar-refractivity contribution in [1.29, 1.82) is 0 Å². The zero-order chi connectivity index (χ0) is 19.8. The van der Waals surface area contributed by atoms with Gasteiger partial charge in [-0.05, 0) is 38.1 Å². The van der Waals surface area contributed by atoms with Crippen LogP contribution in [-0.4, -0.2) is 12.3 Å². The van der Waals surface area contributed by atoms with E-state index in [-0.39, 0.29) is 22.5 Å². The molecule has 0 radical (unpaired) electrons. The van der Waals surface area contributed by atoms with Crippen LogP contribution in [0.25, 0.3) is 33.1 Å². The van der Waals surface area contributed by atoms with Crippen LogP contribution in [0.2, 0.25) is 0 Å². The summed E-state index contributed by atoms with van der Waals surface area (Å²) in [6, 6.07) is 13.9. The van der Waals surface area contributed by atoms with Gasteiger partial charge in [-0.25, -0.2) is 9.59 Å². The summed E-state index contributed by atoms with van der Waals surface area (Å²) >= 11 is 0. The average Bonchev–Trinajstić information content (AvgIpc) is 2.66. The van der Waals surface area contributed by atoms with Gasteiger partial charge in [-0.3, -0.25) is 4.79 Å². The number of benzene rings is 2. The topological polar surface area (TPSA) is 89.5 Å². The number of carbonyl (C=O) groups is 1. The van der Waals surface area contributed by atoms with Gasteiger partial charge < -0.3 is 14.2 Å². The molecule has 2 aromatic heterocycles. The molecule has 1 N–H and O–H groups in total. The first kappa shape index (κ1) is 17.7. The summed E-state index contributed by atoms with van der Waals surface area (Å²) in [7, 11) is 0. The summed E-state index contributed by atoms with van der Waals surface area (Å²) in [5.74, 6) is -0.372. The van der Waals surface area contributed by atoms with Crippen molar-refractivity contribution < 1.29 is 13.6 Å². The Morgan fingerprint density at radius 2 is 1.75 bits per heavy atom. The van der Waals surface area contributed by atoms with Gasteiger partial charge in [0.1, 0.15) is 16.7 Å². The molecular weight excluding hydrogens is 358 g/mol. The highest BCUT2D eigenvalue weighted by atomic mass is 16.4. The van der Waals surface area contributed by atoms with Crippen LogP contribution in [0.3, 0.4) is 0 Å². The second-order valence-electron chi connectivity index (χ2n) is 6.46. The number of anilines is 1. The van der Waals surface area contributed by atoms with E-state index in [0.717, 1.165) is 17.6 Å². The van der Waals surface area contributed by atoms with Crippen molar-refractivity contribution in [2.45, 2.75) is 13.8 Å². The molecule has 0 unspecified atom stereocenters. The first-order chi connectivity index (χ1) is 13.5. The van der Waals surface area contributed by atoms with Gasteiger partial charge in [-0.1, -0.05) is 18.2 Å². The molecule has 6 nitrogen and oxygen atoms in total. The van der Waals surface area contributed by atoms with Crippen LogP contribution in [0.5, 0.6) is 0 Å². The van der Waals surface area contributed by atoms with Crippen LogP contribution in [0, 0.1) is 0 Å². The van der Waals surface area contributed by atoms with Crippen molar-refractivity contribution >= 4 is 33.4 Å². The molecule has 2 aromatic carbocycles. The third kappa shape index (κ3) is 2.99. The minimum absolute atomic E-state index is 0.0221. The van der Waals surface area contributed by atoms with Gasteiger partial charge in [-0.2, -0.15) is 0 Å². The van der Waals surface area contributed by atoms with E-state index in [1.165, 1.54) is 13.0 Å². The van der Waals surface area contributed by atoms with Crippen LogP contribution in [0.4, 0.5) is 5.69 Å². The van der Waals surface area contributed by atoms with Gasteiger partial charge in [-0.15, -0.1) is 0 Å². The van der Waals surface area contributed by atoms with Gasteiger partial charge in [0.2, 0.25) is 0 Å². The number of ketones is 1. The number of fused-ring (bicyclic) bond motifs is 2. The quantitative estimate of drug-likeness (QED) is 0.425. The number of hydrogen-bond acceptors (Lipinski definition) is 6. The second-order valence-corrected chi connectivity index (χ2v) is 6.46. The summed E-state index contributed by atoms with van der Waals surface area (Å²) in [5.41, 5.74) is 1.01. The third-order valence-corrected chi connectivity index (χ3v) is 4.55. The van der Waals surface area contributed by atoms with Gasteiger partial charge in [0, 0.05) is 34.6 Å². The van der Waals surface area contributed by atoms with Gasteiger partial charge >= 0.3 is 11.3 Å². The van der Waals surface area contributed by atoms with E-state index in [9.17, 15) is 14.4 Å². The Balaban J connectivity index is 1.96. The standard InChI is InChI=1S/C22H17NO5/c1-3-23-15-8-7-13-9-18(22(26)27-19(13)11-15)16-6-4-5-14-10-17(12(2)24)21(25)28-20(14)16/h4-11,23H,3H2,1-2H3. The molecule has 140 valence electrons. The average molecular weight is 375 g/mol. The molecule has 6 heteroatoms. The zero-order valence-corrected chi connectivity index (χ0v) is 15.4. The van der Waals surface area contributed by atoms with E-state index in [2.05, 4.69) is 5.32 Å². The number of para-hydroxylation sites is 1. The summed E-state index contributed by atoms with van der Waals surface area (Å²) in [4.78, 5) is 36.4. The molecule has 2 heterocycles. The fraction of sp³-hybridized carbons (Fsp3) is 0.136. The summed E-state index contributed by atoms with van der Waals surface area (Å²) in [6.45, 7) is 4.04. The van der Waals surface area contributed by atoms with E-state index >= 15 is 0 Å². The Kier molecular flexibility index (Phi) is 4.31. The van der Waals surface area contributed by atoms with Crippen molar-refractivity contribution in [1.82, 2.24) is 0 Å². The largest absolute Gasteiger partial charge is 0.422 e. The minimum atomic E-state index is -0.729. The van der Waals surface area contributed by atoms with Crippen molar-refractivity contribution in [2.24, 2.45) is 0 Å². The SMILES string of the molecule is CCNc1ccc2cc(-c3cccc4cc(C(C)=O)c(=O)oc34)c(=O)oc2c1. The summed E-state index contributed by atoms with van der Waals surface area (Å²) < 4.78 is 10.9. The fourth-order valence-corrected chi connectivity index (χ4v) is 3.22. The molecule has 0 aliphatic carbocycles. The number of rotatable bonds is 4. The van der Waals surface area contributed by atoms with Crippen molar-refractivity contribution in [2.75, 3.05) is 11.9 Å². The van der Waals surface area contributed by atoms with Crippen molar-refractivity contribution in [3.8, 4) is 11.1 Å². The zero-order valence-electron chi connectivity index (χ0n) is 15.4. The van der Waals surface area contributed by atoms with Gasteiger partial charge in [0.05, 0.1) is 5.56 Å². The predicted molar refractivity (Wildman–Crippen MR) is 108 cm³/mol. The molecule has 0 aliphatic rings. The smallest absolute Gasteiger partial charge is 0.347 e. The van der Waals surface area contributed by atoms with Gasteiger partial charge in [0.25, 0.3) is 0 Å². The number of carbonyl (C=O) groups excluding carboxylic acids is 1. The Bertz CT molecular complexity index is 1350. The lowest BCUT2D eigenvalue weighted by Gasteiger charge is -2.08. The first-order valence-corrected chi connectivity index (χ1v) is 8.88. The maximum absolute atomic E-state index is 12.6. The molecule has 0 bridgehead atoms. The van der Waals surface area contributed by atoms with E-state index in [4.69, 9.17) is 8.83 Å².